The van der Waals surface area contributed by atoms with Crippen molar-refractivity contribution in [2.24, 2.45) is 0 Å². The van der Waals surface area contributed by atoms with Crippen molar-refractivity contribution >= 4 is 72.0 Å². The van der Waals surface area contributed by atoms with E-state index in [1.165, 1.54) is 11.3 Å². The van der Waals surface area contributed by atoms with Crippen LogP contribution in [-0.2, 0) is 6.18 Å². The van der Waals surface area contributed by atoms with Crippen molar-refractivity contribution in [2.45, 2.75) is 26.4 Å². The van der Waals surface area contributed by atoms with E-state index in [0.29, 0.717) is 21.1 Å². The van der Waals surface area contributed by atoms with Crippen LogP contribution in [0.1, 0.15) is 42.5 Å². The second-order valence-electron chi connectivity index (χ2n) is 9.70. The summed E-state index contributed by atoms with van der Waals surface area (Å²) in [7, 11) is 0. The second kappa shape index (κ2) is 11.9. The highest BCUT2D eigenvalue weighted by atomic mass is 32.1. The van der Waals surface area contributed by atoms with E-state index in [-0.39, 0.29) is 21.9 Å². The van der Waals surface area contributed by atoms with Gasteiger partial charge >= 0.3 is 6.18 Å². The summed E-state index contributed by atoms with van der Waals surface area (Å²) in [5.41, 5.74) is 15.1. The van der Waals surface area contributed by atoms with Crippen molar-refractivity contribution in [3.63, 3.8) is 0 Å². The molecule has 0 fully saturated rings. The van der Waals surface area contributed by atoms with Crippen molar-refractivity contribution < 1.29 is 22.8 Å². The molecule has 13 heteroatoms. The molecule has 5 aromatic rings. The number of allylic oxidation sites excluding steroid dienone is 3. The molecule has 0 saturated carbocycles. The van der Waals surface area contributed by atoms with Crippen LogP contribution in [0.4, 0.5) is 30.2 Å². The predicted molar refractivity (Wildman–Crippen MR) is 166 cm³/mol. The van der Waals surface area contributed by atoms with E-state index >= 15 is 0 Å². The summed E-state index contributed by atoms with van der Waals surface area (Å²) >= 11 is 2.28. The van der Waals surface area contributed by atoms with Crippen molar-refractivity contribution in [3.05, 3.63) is 99.2 Å². The van der Waals surface area contributed by atoms with E-state index in [0.717, 1.165) is 57.1 Å². The van der Waals surface area contributed by atoms with E-state index in [2.05, 4.69) is 20.6 Å². The standard InChI is InChI=1S/C16H15N3OS.C14H10F3N3OS/c1-9-3-5-11(6-4-9)19-15(20)14-13(17)12-7-10(2)8-18-16(12)21-14;15-14(16,17)7-5-9-10(18)11(22-13(9)19-6-7)12(21)20-8-3-1-2-4-8/h3-8H,17H2,1-2H3,(H,19,20);1,3-6H,2,18H2,(H,20,21). The van der Waals surface area contributed by atoms with Crippen molar-refractivity contribution in [3.8, 4) is 0 Å². The lowest BCUT2D eigenvalue weighted by Crippen LogP contribution is -2.21. The van der Waals surface area contributed by atoms with Gasteiger partial charge in [-0.3, -0.25) is 9.59 Å². The molecule has 1 aliphatic rings. The van der Waals surface area contributed by atoms with Gasteiger partial charge in [-0.15, -0.1) is 22.7 Å². The molecule has 0 radical (unpaired) electrons. The van der Waals surface area contributed by atoms with Crippen LogP contribution in [0, 0.1) is 13.8 Å². The number of carbonyl (C=O) groups excluding carboxylic acids is 2. The molecular weight excluding hydrogens is 597 g/mol. The molecule has 0 bridgehead atoms. The lowest BCUT2D eigenvalue weighted by atomic mass is 10.2. The largest absolute Gasteiger partial charge is 0.417 e. The van der Waals surface area contributed by atoms with Gasteiger partial charge in [0.15, 0.2) is 0 Å². The SMILES string of the molecule is Cc1ccc(NC(=O)c2sc3ncc(C)cc3c2N)cc1.Nc1c(C(=O)NC2=CCC=C2)sc2ncc(C(F)(F)F)cc12. The highest BCUT2D eigenvalue weighted by molar-refractivity contribution is 7.21. The minimum Gasteiger partial charge on any atom is -0.397 e. The molecule has 0 saturated heterocycles. The number of alkyl halides is 3. The number of thiophene rings is 2. The number of nitrogens with zero attached hydrogens (tertiary/aromatic N) is 2. The van der Waals surface area contributed by atoms with Gasteiger partial charge in [-0.1, -0.05) is 29.8 Å². The molecule has 4 aromatic heterocycles. The van der Waals surface area contributed by atoms with Gasteiger partial charge < -0.3 is 22.1 Å². The topological polar surface area (TPSA) is 136 Å². The van der Waals surface area contributed by atoms with Crippen LogP contribution in [0.2, 0.25) is 0 Å². The monoisotopic (exact) mass is 622 g/mol. The normalized spacial score (nSPS) is 12.6. The number of fused-ring (bicyclic) bond motifs is 2. The second-order valence-corrected chi connectivity index (χ2v) is 11.7. The first-order chi connectivity index (χ1) is 20.4. The molecule has 0 spiro atoms. The van der Waals surface area contributed by atoms with Crippen molar-refractivity contribution in [1.82, 2.24) is 15.3 Å². The van der Waals surface area contributed by atoms with Gasteiger partial charge in [0.2, 0.25) is 0 Å². The van der Waals surface area contributed by atoms with Crippen LogP contribution in [0.3, 0.4) is 0 Å². The molecule has 2 amide bonds. The summed E-state index contributed by atoms with van der Waals surface area (Å²) in [5.74, 6) is -0.649. The number of nitrogen functional groups attached to an aromatic ring is 2. The molecule has 43 heavy (non-hydrogen) atoms. The van der Waals surface area contributed by atoms with E-state index in [9.17, 15) is 22.8 Å². The molecule has 1 aliphatic carbocycles. The number of aryl methyl sites for hydroxylation is 2. The molecule has 6 rings (SSSR count). The minimum absolute atomic E-state index is 0.0127. The fraction of sp³-hybridized carbons (Fsp3) is 0.133. The van der Waals surface area contributed by atoms with E-state index < -0.39 is 17.6 Å². The average Bonchev–Trinajstić information content (AvgIpc) is 3.68. The third kappa shape index (κ3) is 6.52. The summed E-state index contributed by atoms with van der Waals surface area (Å²) < 4.78 is 38.1. The molecule has 4 heterocycles. The fourth-order valence-electron chi connectivity index (χ4n) is 4.16. The summed E-state index contributed by atoms with van der Waals surface area (Å²) in [6.07, 6.45) is 4.19. The summed E-state index contributed by atoms with van der Waals surface area (Å²) in [6, 6.07) is 10.5. The number of pyridine rings is 2. The zero-order chi connectivity index (χ0) is 30.9. The zero-order valence-corrected chi connectivity index (χ0v) is 24.5. The first-order valence-corrected chi connectivity index (χ1v) is 14.5. The van der Waals surface area contributed by atoms with E-state index in [1.807, 2.05) is 56.3 Å². The smallest absolute Gasteiger partial charge is 0.397 e. The zero-order valence-electron chi connectivity index (χ0n) is 22.9. The number of hydrogen-bond acceptors (Lipinski definition) is 8. The number of anilines is 3. The number of aromatic nitrogens is 2. The maximum atomic E-state index is 12.7. The Morgan fingerprint density at radius 3 is 2.00 bits per heavy atom. The number of halogens is 3. The fourth-order valence-corrected chi connectivity index (χ4v) is 6.04. The quantitative estimate of drug-likeness (QED) is 0.167. The lowest BCUT2D eigenvalue weighted by molar-refractivity contribution is -0.137. The molecule has 0 unspecified atom stereocenters. The van der Waals surface area contributed by atoms with Gasteiger partial charge in [0.05, 0.1) is 16.9 Å². The van der Waals surface area contributed by atoms with Gasteiger partial charge in [0.25, 0.3) is 11.8 Å². The van der Waals surface area contributed by atoms with Crippen LogP contribution in [0.5, 0.6) is 0 Å². The third-order valence-corrected chi connectivity index (χ3v) is 8.64. The third-order valence-electron chi connectivity index (χ3n) is 6.38. The Kier molecular flexibility index (Phi) is 8.20. The van der Waals surface area contributed by atoms with Gasteiger partial charge in [0.1, 0.15) is 19.4 Å². The maximum Gasteiger partial charge on any atom is 0.417 e. The number of rotatable bonds is 4. The van der Waals surface area contributed by atoms with Gasteiger partial charge in [0, 0.05) is 34.6 Å². The highest BCUT2D eigenvalue weighted by Crippen LogP contribution is 2.37. The Balaban J connectivity index is 0.000000171. The lowest BCUT2D eigenvalue weighted by Gasteiger charge is -2.05. The Labute approximate surface area is 251 Å². The van der Waals surface area contributed by atoms with Crippen LogP contribution >= 0.6 is 22.7 Å². The molecule has 8 nitrogen and oxygen atoms in total. The Morgan fingerprint density at radius 1 is 0.837 bits per heavy atom. The predicted octanol–water partition coefficient (Wildman–Crippen LogP) is 7.22. The van der Waals surface area contributed by atoms with Crippen LogP contribution in [-0.4, -0.2) is 21.8 Å². The molecule has 0 aliphatic heterocycles. The van der Waals surface area contributed by atoms with Crippen LogP contribution in [0.15, 0.2) is 72.7 Å². The highest BCUT2D eigenvalue weighted by Gasteiger charge is 2.32. The number of amides is 2. The van der Waals surface area contributed by atoms with Gasteiger partial charge in [-0.25, -0.2) is 9.97 Å². The Bertz CT molecular complexity index is 1920. The van der Waals surface area contributed by atoms with Gasteiger partial charge in [-0.05, 0) is 56.2 Å². The van der Waals surface area contributed by atoms with Crippen LogP contribution < -0.4 is 22.1 Å². The number of hydrogen-bond donors (Lipinski definition) is 4. The molecule has 6 N–H and O–H groups in total. The molecule has 0 atom stereocenters. The molecular formula is C30H25F3N6O2S2. The summed E-state index contributed by atoms with van der Waals surface area (Å²) in [5, 5.41) is 6.50. The average molecular weight is 623 g/mol. The minimum atomic E-state index is -4.50. The number of carbonyl (C=O) groups is 2. The molecule has 1 aromatic carbocycles. The van der Waals surface area contributed by atoms with Crippen LogP contribution in [0.25, 0.3) is 20.4 Å². The Morgan fingerprint density at radius 2 is 1.42 bits per heavy atom. The Hall–Kier alpha value is -4.75. The van der Waals surface area contributed by atoms with Crippen molar-refractivity contribution in [1.29, 1.82) is 0 Å². The number of nitrogens with two attached hydrogens (primary N) is 2. The first-order valence-electron chi connectivity index (χ1n) is 12.9. The van der Waals surface area contributed by atoms with Crippen molar-refractivity contribution in [2.75, 3.05) is 16.8 Å². The van der Waals surface area contributed by atoms with E-state index in [4.69, 9.17) is 11.5 Å². The molecule has 220 valence electrons. The van der Waals surface area contributed by atoms with Gasteiger partial charge in [-0.2, -0.15) is 13.2 Å². The van der Waals surface area contributed by atoms with E-state index in [1.54, 1.807) is 12.3 Å². The summed E-state index contributed by atoms with van der Waals surface area (Å²) in [6.45, 7) is 3.96. The first kappa shape index (κ1) is 29.7. The number of nitrogens with one attached hydrogen (secondary N) is 2. The summed E-state index contributed by atoms with van der Waals surface area (Å²) in [4.78, 5) is 34.3. The number of benzene rings is 1. The maximum absolute atomic E-state index is 12.7.